The second-order valence-corrected chi connectivity index (χ2v) is 4.73. The number of methoxy groups -OCH3 is 1. The van der Waals surface area contributed by atoms with Crippen LogP contribution in [0.5, 0.6) is 11.5 Å². The monoisotopic (exact) mass is 271 g/mol. The van der Waals surface area contributed by atoms with E-state index in [0.717, 1.165) is 18.0 Å². The van der Waals surface area contributed by atoms with Gasteiger partial charge in [0.15, 0.2) is 11.5 Å². The lowest BCUT2D eigenvalue weighted by Crippen LogP contribution is -2.06. The second-order valence-electron chi connectivity index (χ2n) is 4.73. The zero-order valence-corrected chi connectivity index (χ0v) is 12.3. The van der Waals surface area contributed by atoms with Crippen LogP contribution in [0.3, 0.4) is 0 Å². The van der Waals surface area contributed by atoms with Gasteiger partial charge >= 0.3 is 0 Å². The highest BCUT2D eigenvalue weighted by Crippen LogP contribution is 2.29. The van der Waals surface area contributed by atoms with Gasteiger partial charge in [0.25, 0.3) is 0 Å². The number of rotatable bonds is 6. The number of nitrogens with one attached hydrogen (secondary N) is 1. The first-order valence-corrected chi connectivity index (χ1v) is 6.73. The first-order valence-electron chi connectivity index (χ1n) is 6.73. The zero-order valence-electron chi connectivity index (χ0n) is 12.3. The van der Waals surface area contributed by atoms with Crippen molar-refractivity contribution in [3.63, 3.8) is 0 Å². The average molecular weight is 271 g/mol. The predicted octanol–water partition coefficient (Wildman–Crippen LogP) is 3.30. The number of hydrogen-bond donors (Lipinski definition) is 1. The Kier molecular flexibility index (Phi) is 5.02. The third kappa shape index (κ3) is 3.52. The Labute approximate surface area is 120 Å². The molecular weight excluding hydrogens is 250 g/mol. The molecule has 3 nitrogen and oxygen atoms in total. The minimum Gasteiger partial charge on any atom is -0.493 e. The lowest BCUT2D eigenvalue weighted by atomic mass is 10.1. The maximum Gasteiger partial charge on any atom is 0.161 e. The van der Waals surface area contributed by atoms with Crippen molar-refractivity contribution in [3.8, 4) is 11.5 Å². The summed E-state index contributed by atoms with van der Waals surface area (Å²) in [5.41, 5.74) is 3.60. The molecule has 0 atom stereocenters. The normalized spacial score (nSPS) is 10.3. The summed E-state index contributed by atoms with van der Waals surface area (Å²) in [6.07, 6.45) is 0. The highest BCUT2D eigenvalue weighted by molar-refractivity contribution is 5.43. The van der Waals surface area contributed by atoms with Crippen LogP contribution in [0.25, 0.3) is 0 Å². The topological polar surface area (TPSA) is 30.5 Å². The van der Waals surface area contributed by atoms with Crippen molar-refractivity contribution in [2.24, 2.45) is 0 Å². The zero-order chi connectivity index (χ0) is 14.4. The Morgan fingerprint density at radius 1 is 1.05 bits per heavy atom. The highest BCUT2D eigenvalue weighted by Gasteiger charge is 2.07. The van der Waals surface area contributed by atoms with Gasteiger partial charge in [-0.3, -0.25) is 0 Å². The van der Waals surface area contributed by atoms with Crippen LogP contribution in [0.1, 0.15) is 16.7 Å². The van der Waals surface area contributed by atoms with Crippen LogP contribution in [0.2, 0.25) is 0 Å². The van der Waals surface area contributed by atoms with Crippen LogP contribution >= 0.6 is 0 Å². The van der Waals surface area contributed by atoms with E-state index in [9.17, 15) is 0 Å². The van der Waals surface area contributed by atoms with Gasteiger partial charge in [-0.25, -0.2) is 0 Å². The molecule has 106 valence electrons. The molecule has 0 heterocycles. The van der Waals surface area contributed by atoms with E-state index in [1.54, 1.807) is 7.11 Å². The number of benzene rings is 2. The molecule has 0 amide bonds. The van der Waals surface area contributed by atoms with Gasteiger partial charge in [-0.15, -0.1) is 0 Å². The van der Waals surface area contributed by atoms with Gasteiger partial charge < -0.3 is 14.8 Å². The molecule has 0 aliphatic rings. The summed E-state index contributed by atoms with van der Waals surface area (Å²) in [7, 11) is 3.59. The Morgan fingerprint density at radius 3 is 2.55 bits per heavy atom. The van der Waals surface area contributed by atoms with E-state index in [1.165, 1.54) is 16.7 Å². The molecule has 2 rings (SSSR count). The Balaban J connectivity index is 2.15. The SMILES string of the molecule is CNCc1ccc(OC)c(OCc2ccccc2C)c1. The molecule has 0 unspecified atom stereocenters. The summed E-state index contributed by atoms with van der Waals surface area (Å²) >= 11 is 0. The number of hydrogen-bond acceptors (Lipinski definition) is 3. The minimum atomic E-state index is 0.548. The van der Waals surface area contributed by atoms with Crippen molar-refractivity contribution in [2.75, 3.05) is 14.2 Å². The van der Waals surface area contributed by atoms with Crippen molar-refractivity contribution < 1.29 is 9.47 Å². The Morgan fingerprint density at radius 2 is 1.85 bits per heavy atom. The van der Waals surface area contributed by atoms with Crippen LogP contribution in [0.4, 0.5) is 0 Å². The molecule has 20 heavy (non-hydrogen) atoms. The molecule has 0 aromatic heterocycles. The van der Waals surface area contributed by atoms with E-state index < -0.39 is 0 Å². The molecule has 0 spiro atoms. The van der Waals surface area contributed by atoms with E-state index >= 15 is 0 Å². The minimum absolute atomic E-state index is 0.548. The van der Waals surface area contributed by atoms with Crippen LogP contribution < -0.4 is 14.8 Å². The van der Waals surface area contributed by atoms with Gasteiger partial charge in [0.05, 0.1) is 7.11 Å². The van der Waals surface area contributed by atoms with Crippen molar-refractivity contribution in [1.82, 2.24) is 5.32 Å². The van der Waals surface area contributed by atoms with Crippen LogP contribution in [0.15, 0.2) is 42.5 Å². The third-order valence-corrected chi connectivity index (χ3v) is 3.25. The van der Waals surface area contributed by atoms with Gasteiger partial charge in [-0.05, 0) is 42.8 Å². The first kappa shape index (κ1) is 14.4. The Bertz CT molecular complexity index is 567. The lowest BCUT2D eigenvalue weighted by molar-refractivity contribution is 0.283. The molecule has 0 bridgehead atoms. The fourth-order valence-corrected chi connectivity index (χ4v) is 2.08. The van der Waals surface area contributed by atoms with E-state index in [4.69, 9.17) is 9.47 Å². The number of ether oxygens (including phenoxy) is 2. The van der Waals surface area contributed by atoms with Gasteiger partial charge in [0.1, 0.15) is 6.61 Å². The summed E-state index contributed by atoms with van der Waals surface area (Å²) < 4.78 is 11.3. The van der Waals surface area contributed by atoms with Gasteiger partial charge in [-0.2, -0.15) is 0 Å². The standard InChI is InChI=1S/C17H21NO2/c1-13-6-4-5-7-15(13)12-20-17-10-14(11-18-2)8-9-16(17)19-3/h4-10,18H,11-12H2,1-3H3. The summed E-state index contributed by atoms with van der Waals surface area (Å²) in [5, 5.41) is 3.14. The lowest BCUT2D eigenvalue weighted by Gasteiger charge is -2.13. The summed E-state index contributed by atoms with van der Waals surface area (Å²) in [4.78, 5) is 0. The molecule has 0 fully saturated rings. The molecule has 1 N–H and O–H groups in total. The summed E-state index contributed by atoms with van der Waals surface area (Å²) in [6, 6.07) is 14.2. The van der Waals surface area contributed by atoms with Crippen LogP contribution in [-0.2, 0) is 13.2 Å². The predicted molar refractivity (Wildman–Crippen MR) is 81.3 cm³/mol. The molecule has 0 aliphatic heterocycles. The maximum atomic E-state index is 5.93. The van der Waals surface area contributed by atoms with E-state index in [-0.39, 0.29) is 0 Å². The molecule has 3 heteroatoms. The molecule has 2 aromatic carbocycles. The quantitative estimate of drug-likeness (QED) is 0.874. The van der Waals surface area contributed by atoms with Gasteiger partial charge in [0.2, 0.25) is 0 Å². The van der Waals surface area contributed by atoms with Crippen molar-refractivity contribution in [1.29, 1.82) is 0 Å². The van der Waals surface area contributed by atoms with Crippen molar-refractivity contribution >= 4 is 0 Å². The third-order valence-electron chi connectivity index (χ3n) is 3.25. The smallest absolute Gasteiger partial charge is 0.161 e. The van der Waals surface area contributed by atoms with Crippen molar-refractivity contribution in [3.05, 3.63) is 59.2 Å². The van der Waals surface area contributed by atoms with E-state index in [1.807, 2.05) is 37.4 Å². The van der Waals surface area contributed by atoms with Crippen molar-refractivity contribution in [2.45, 2.75) is 20.1 Å². The fourth-order valence-electron chi connectivity index (χ4n) is 2.08. The molecule has 0 radical (unpaired) electrons. The Hall–Kier alpha value is -2.00. The first-order chi connectivity index (χ1) is 9.74. The number of aryl methyl sites for hydroxylation is 1. The molecule has 0 saturated heterocycles. The van der Waals surface area contributed by atoms with Gasteiger partial charge in [0, 0.05) is 6.54 Å². The average Bonchev–Trinajstić information content (AvgIpc) is 2.47. The van der Waals surface area contributed by atoms with E-state index in [0.29, 0.717) is 6.61 Å². The van der Waals surface area contributed by atoms with Crippen LogP contribution in [-0.4, -0.2) is 14.2 Å². The van der Waals surface area contributed by atoms with E-state index in [2.05, 4.69) is 24.4 Å². The molecule has 0 aliphatic carbocycles. The maximum absolute atomic E-state index is 5.93. The highest BCUT2D eigenvalue weighted by atomic mass is 16.5. The molecule has 0 saturated carbocycles. The van der Waals surface area contributed by atoms with Crippen LogP contribution in [0, 0.1) is 6.92 Å². The summed E-state index contributed by atoms with van der Waals surface area (Å²) in [5.74, 6) is 1.54. The van der Waals surface area contributed by atoms with Gasteiger partial charge in [-0.1, -0.05) is 30.3 Å². The second kappa shape index (κ2) is 6.96. The largest absolute Gasteiger partial charge is 0.493 e. The summed E-state index contributed by atoms with van der Waals surface area (Å²) in [6.45, 7) is 3.45. The molecule has 2 aromatic rings. The molecular formula is C17H21NO2. The fraction of sp³-hybridized carbons (Fsp3) is 0.294.